The summed E-state index contributed by atoms with van der Waals surface area (Å²) in [6.45, 7) is 3.46. The number of benzene rings is 1. The highest BCUT2D eigenvalue weighted by Crippen LogP contribution is 2.34. The molecule has 0 bridgehead atoms. The van der Waals surface area contributed by atoms with Crippen LogP contribution in [0.5, 0.6) is 0 Å². The number of Topliss-reactive ketones (excluding diaryl/α,β-unsaturated/α-hetero) is 1. The number of aromatic nitrogens is 2. The molecule has 2 aliphatic rings. The molecule has 3 amide bonds. The van der Waals surface area contributed by atoms with Gasteiger partial charge in [-0.25, -0.2) is 14.2 Å². The number of hydrogen-bond acceptors (Lipinski definition) is 5. The molecule has 0 fully saturated rings. The molecule has 0 saturated heterocycles. The maximum atomic E-state index is 13.6. The summed E-state index contributed by atoms with van der Waals surface area (Å²) < 4.78 is 54.3. The molecule has 36 heavy (non-hydrogen) atoms. The predicted octanol–water partition coefficient (Wildman–Crippen LogP) is 3.77. The van der Waals surface area contributed by atoms with Gasteiger partial charge in [0.2, 0.25) is 0 Å². The third-order valence-corrected chi connectivity index (χ3v) is 6.26. The molecule has 4 rings (SSSR count). The van der Waals surface area contributed by atoms with Crippen LogP contribution in [-0.4, -0.2) is 56.7 Å². The van der Waals surface area contributed by atoms with E-state index in [9.17, 15) is 31.9 Å². The van der Waals surface area contributed by atoms with Crippen molar-refractivity contribution in [2.75, 3.05) is 12.4 Å². The molecule has 3 heterocycles. The number of halogens is 4. The van der Waals surface area contributed by atoms with Crippen LogP contribution in [-0.2, 0) is 35.3 Å². The second-order valence-electron chi connectivity index (χ2n) is 9.03. The van der Waals surface area contributed by atoms with E-state index >= 15 is 0 Å². The average Bonchev–Trinajstić information content (AvgIpc) is 3.07. The van der Waals surface area contributed by atoms with Crippen molar-refractivity contribution in [1.82, 2.24) is 19.7 Å². The lowest BCUT2D eigenvalue weighted by Crippen LogP contribution is -2.45. The highest BCUT2D eigenvalue weighted by Gasteiger charge is 2.38. The number of amides is 3. The van der Waals surface area contributed by atoms with Crippen LogP contribution in [0.4, 0.5) is 28.0 Å². The average molecular weight is 511 g/mol. The topological polar surface area (TPSA) is 96.8 Å². The van der Waals surface area contributed by atoms with Gasteiger partial charge < -0.3 is 15.0 Å². The minimum absolute atomic E-state index is 0.00389. The number of fused-ring (bicyclic) bond motifs is 3. The summed E-state index contributed by atoms with van der Waals surface area (Å²) in [4.78, 5) is 44.5. The Hall–Kier alpha value is -3.48. The summed E-state index contributed by atoms with van der Waals surface area (Å²) in [5.41, 5.74) is -0.284. The van der Waals surface area contributed by atoms with E-state index in [1.54, 1.807) is 6.92 Å². The normalized spacial score (nSPS) is 20.0. The zero-order valence-electron chi connectivity index (χ0n) is 19.9. The highest BCUT2D eigenvalue weighted by atomic mass is 19.4. The SMILES string of the molecule is CC(=O)CC[C@@H]1Cn2nc3c(c2C(=O)N(C)O1)CN(C(=O)Nc1ccc(F)c(C(F)(F)F)c1)[C@H](C)C3. The highest BCUT2D eigenvalue weighted by molar-refractivity contribution is 5.94. The number of alkyl halides is 3. The van der Waals surface area contributed by atoms with Crippen molar-refractivity contribution < 1.29 is 36.8 Å². The Kier molecular flexibility index (Phi) is 6.78. The lowest BCUT2D eigenvalue weighted by molar-refractivity contribution is -0.151. The lowest BCUT2D eigenvalue weighted by atomic mass is 9.99. The van der Waals surface area contributed by atoms with Crippen molar-refractivity contribution in [2.24, 2.45) is 0 Å². The Bertz CT molecular complexity index is 1210. The number of carbonyl (C=O) groups excluding carboxylic acids is 3. The molecule has 0 aliphatic carbocycles. The monoisotopic (exact) mass is 511 g/mol. The van der Waals surface area contributed by atoms with Gasteiger partial charge in [0.1, 0.15) is 23.4 Å². The number of carbonyl (C=O) groups is 3. The molecule has 2 atom stereocenters. The van der Waals surface area contributed by atoms with Crippen LogP contribution in [0.1, 0.15) is 54.0 Å². The maximum absolute atomic E-state index is 13.6. The number of urea groups is 1. The van der Waals surface area contributed by atoms with Crippen molar-refractivity contribution in [3.63, 3.8) is 0 Å². The Morgan fingerprint density at radius 2 is 2.00 bits per heavy atom. The van der Waals surface area contributed by atoms with E-state index in [4.69, 9.17) is 4.84 Å². The molecule has 0 spiro atoms. The van der Waals surface area contributed by atoms with Gasteiger partial charge in [-0.1, -0.05) is 0 Å². The van der Waals surface area contributed by atoms with Crippen LogP contribution in [0.2, 0.25) is 0 Å². The van der Waals surface area contributed by atoms with Gasteiger partial charge in [0.05, 0.1) is 24.3 Å². The Balaban J connectivity index is 1.58. The predicted molar refractivity (Wildman–Crippen MR) is 118 cm³/mol. The largest absolute Gasteiger partial charge is 0.419 e. The molecule has 2 aliphatic heterocycles. The third kappa shape index (κ3) is 5.06. The minimum Gasteiger partial charge on any atom is -0.317 e. The molecule has 1 N–H and O–H groups in total. The van der Waals surface area contributed by atoms with Gasteiger partial charge in [0.15, 0.2) is 0 Å². The van der Waals surface area contributed by atoms with E-state index in [-0.39, 0.29) is 42.7 Å². The molecule has 9 nitrogen and oxygen atoms in total. The van der Waals surface area contributed by atoms with E-state index in [1.807, 2.05) is 0 Å². The Morgan fingerprint density at radius 1 is 1.28 bits per heavy atom. The van der Waals surface area contributed by atoms with Crippen LogP contribution in [0, 0.1) is 5.82 Å². The first-order valence-corrected chi connectivity index (χ1v) is 11.3. The van der Waals surface area contributed by atoms with Crippen LogP contribution >= 0.6 is 0 Å². The summed E-state index contributed by atoms with van der Waals surface area (Å²) in [7, 11) is 1.46. The second kappa shape index (κ2) is 9.52. The molecule has 13 heteroatoms. The Morgan fingerprint density at radius 3 is 2.67 bits per heavy atom. The fraction of sp³-hybridized carbons (Fsp3) is 0.478. The van der Waals surface area contributed by atoms with Gasteiger partial charge in [0.25, 0.3) is 5.91 Å². The number of ketones is 1. The molecular formula is C23H25F4N5O4. The molecule has 0 unspecified atom stereocenters. The number of rotatable bonds is 4. The van der Waals surface area contributed by atoms with Crippen molar-refractivity contribution in [3.8, 4) is 0 Å². The summed E-state index contributed by atoms with van der Waals surface area (Å²) in [5.74, 6) is -1.90. The van der Waals surface area contributed by atoms with E-state index in [0.29, 0.717) is 36.2 Å². The maximum Gasteiger partial charge on any atom is 0.419 e. The molecule has 0 saturated carbocycles. The summed E-state index contributed by atoms with van der Waals surface area (Å²) in [5, 5.41) is 8.05. The molecule has 194 valence electrons. The van der Waals surface area contributed by atoms with Gasteiger partial charge in [0, 0.05) is 37.2 Å². The van der Waals surface area contributed by atoms with Gasteiger partial charge in [-0.3, -0.25) is 14.3 Å². The molecule has 2 aromatic rings. The summed E-state index contributed by atoms with van der Waals surface area (Å²) >= 11 is 0. The van der Waals surface area contributed by atoms with Crippen molar-refractivity contribution in [2.45, 2.75) is 64.5 Å². The molecule has 0 radical (unpaired) electrons. The zero-order chi connectivity index (χ0) is 26.4. The molecule has 1 aromatic heterocycles. The first kappa shape index (κ1) is 25.6. The zero-order valence-corrected chi connectivity index (χ0v) is 19.9. The lowest BCUT2D eigenvalue weighted by Gasteiger charge is -2.33. The number of hydrogen-bond donors (Lipinski definition) is 1. The fourth-order valence-corrected chi connectivity index (χ4v) is 4.41. The number of anilines is 1. The van der Waals surface area contributed by atoms with Crippen molar-refractivity contribution in [1.29, 1.82) is 0 Å². The van der Waals surface area contributed by atoms with Crippen molar-refractivity contribution >= 4 is 23.4 Å². The summed E-state index contributed by atoms with van der Waals surface area (Å²) in [6.07, 6.45) is -4.36. The standard InChI is InChI=1S/C23H25F4N5O4/c1-12-8-19-16(20-21(34)30(3)36-15(6-4-13(2)33)10-32(20)29-19)11-31(12)22(35)28-14-5-7-18(24)17(9-14)23(25,26)27/h5,7,9,12,15H,4,6,8,10-11H2,1-3H3,(H,28,35)/t12-,15-/m1/s1. The number of nitrogens with one attached hydrogen (secondary N) is 1. The Labute approximate surface area is 203 Å². The van der Waals surface area contributed by atoms with Crippen LogP contribution < -0.4 is 5.32 Å². The van der Waals surface area contributed by atoms with Gasteiger partial charge >= 0.3 is 12.2 Å². The van der Waals surface area contributed by atoms with Crippen LogP contribution in [0.15, 0.2) is 18.2 Å². The minimum atomic E-state index is -4.91. The van der Waals surface area contributed by atoms with Gasteiger partial charge in [-0.2, -0.15) is 18.3 Å². The quantitative estimate of drug-likeness (QED) is 0.631. The van der Waals surface area contributed by atoms with Crippen molar-refractivity contribution in [3.05, 3.63) is 46.5 Å². The van der Waals surface area contributed by atoms with E-state index in [2.05, 4.69) is 10.4 Å². The first-order chi connectivity index (χ1) is 16.8. The summed E-state index contributed by atoms with van der Waals surface area (Å²) in [6, 6.07) is 1.15. The van der Waals surface area contributed by atoms with Crippen LogP contribution in [0.25, 0.3) is 0 Å². The number of hydroxylamine groups is 2. The first-order valence-electron chi connectivity index (χ1n) is 11.3. The molecular weight excluding hydrogens is 486 g/mol. The number of nitrogens with zero attached hydrogens (tertiary/aromatic N) is 4. The van der Waals surface area contributed by atoms with E-state index in [0.717, 1.165) is 11.1 Å². The van der Waals surface area contributed by atoms with Gasteiger partial charge in [-0.15, -0.1) is 0 Å². The fourth-order valence-electron chi connectivity index (χ4n) is 4.41. The van der Waals surface area contributed by atoms with E-state index in [1.165, 1.54) is 23.6 Å². The van der Waals surface area contributed by atoms with Crippen LogP contribution in [0.3, 0.4) is 0 Å². The van der Waals surface area contributed by atoms with E-state index < -0.39 is 35.6 Å². The van der Waals surface area contributed by atoms with Gasteiger partial charge in [-0.05, 0) is 38.5 Å². The smallest absolute Gasteiger partial charge is 0.317 e. The second-order valence-corrected chi connectivity index (χ2v) is 9.03. The third-order valence-electron chi connectivity index (χ3n) is 6.26. The molecule has 1 aromatic carbocycles.